The molecule has 0 aromatic heterocycles. The maximum atomic E-state index is 13.7. The van der Waals surface area contributed by atoms with E-state index in [9.17, 15) is 44.1 Å². The summed E-state index contributed by atoms with van der Waals surface area (Å²) in [5, 5.41) is 51.1. The number of rotatable bonds is 19. The van der Waals surface area contributed by atoms with Crippen LogP contribution < -0.4 is 32.3 Å². The molecule has 0 heterocycles. The number of nitrogens with one attached hydrogen (secondary N) is 5. The number of aliphatic carboxylic acids is 1. The van der Waals surface area contributed by atoms with Crippen molar-refractivity contribution in [3.63, 3.8) is 0 Å². The van der Waals surface area contributed by atoms with Crippen LogP contribution in [0.2, 0.25) is 0 Å². The highest BCUT2D eigenvalue weighted by Crippen LogP contribution is 2.15. The second kappa shape index (κ2) is 19.2. The molecule has 16 nitrogen and oxygen atoms in total. The molecule has 11 N–H and O–H groups in total. The zero-order chi connectivity index (χ0) is 36.8. The van der Waals surface area contributed by atoms with E-state index in [-0.39, 0.29) is 30.0 Å². The minimum Gasteiger partial charge on any atom is -0.478 e. The molecule has 16 heteroatoms. The topological polar surface area (TPSA) is 270 Å². The van der Waals surface area contributed by atoms with Crippen LogP contribution in [0.25, 0.3) is 0 Å². The van der Waals surface area contributed by atoms with Crippen molar-refractivity contribution in [2.45, 2.75) is 77.0 Å². The van der Waals surface area contributed by atoms with E-state index >= 15 is 0 Å². The predicted molar refractivity (Wildman–Crippen MR) is 178 cm³/mol. The molecule has 0 saturated heterocycles. The molecule has 0 spiro atoms. The standard InChI is InChI=1S/C33H46N6O10/c1-17(2)13-24(38-29(43)25(18(3)4)39-27(41)22(34)16-35-31(45)33(48)49)28(42)37-23(14-19-9-6-5-7-10-19)26(40)30(44)36-21-12-8-11-20(15-21)32(46)47/h5-12,15,17-18,22-26,31,35,40,45H,13-14,16,34H2,1-4H3,(H,36,44)(H,37,42)(H,38,43)(H,39,41)(H,46,47)(H,48,49)/t22-,23-,24-,25-,26+,31?/m0/s1. The maximum Gasteiger partial charge on any atom is 0.347 e. The Balaban J connectivity index is 2.25. The molecule has 6 atom stereocenters. The van der Waals surface area contributed by atoms with Gasteiger partial charge in [0.25, 0.3) is 5.91 Å². The highest BCUT2D eigenvalue weighted by Gasteiger charge is 2.34. The molecule has 0 saturated carbocycles. The van der Waals surface area contributed by atoms with Gasteiger partial charge in [0.15, 0.2) is 6.10 Å². The fourth-order valence-corrected chi connectivity index (χ4v) is 4.70. The Kier molecular flexibility index (Phi) is 15.8. The van der Waals surface area contributed by atoms with Gasteiger partial charge in [-0.05, 0) is 48.4 Å². The van der Waals surface area contributed by atoms with Crippen molar-refractivity contribution < 1.29 is 49.2 Å². The van der Waals surface area contributed by atoms with Crippen LogP contribution in [-0.4, -0.2) is 99.0 Å². The van der Waals surface area contributed by atoms with Gasteiger partial charge in [-0.2, -0.15) is 0 Å². The van der Waals surface area contributed by atoms with Crippen molar-refractivity contribution in [2.75, 3.05) is 11.9 Å². The van der Waals surface area contributed by atoms with Crippen LogP contribution in [0.3, 0.4) is 0 Å². The normalized spacial score (nSPS) is 14.9. The van der Waals surface area contributed by atoms with Crippen molar-refractivity contribution in [2.24, 2.45) is 17.6 Å². The Morgan fingerprint density at radius 2 is 1.43 bits per heavy atom. The summed E-state index contributed by atoms with van der Waals surface area (Å²) < 4.78 is 0. The summed E-state index contributed by atoms with van der Waals surface area (Å²) in [4.78, 5) is 75.2. The summed E-state index contributed by atoms with van der Waals surface area (Å²) in [5.41, 5.74) is 6.53. The lowest BCUT2D eigenvalue weighted by Crippen LogP contribution is -2.60. The Labute approximate surface area is 283 Å². The number of hydrogen-bond donors (Lipinski definition) is 10. The molecular formula is C33H46N6O10. The highest BCUT2D eigenvalue weighted by atomic mass is 16.4. The smallest absolute Gasteiger partial charge is 0.347 e. The van der Waals surface area contributed by atoms with Gasteiger partial charge < -0.3 is 47.4 Å². The molecule has 49 heavy (non-hydrogen) atoms. The summed E-state index contributed by atoms with van der Waals surface area (Å²) in [5.74, 6) is -6.50. The molecule has 4 amide bonds. The van der Waals surface area contributed by atoms with E-state index < -0.39 is 84.5 Å². The Morgan fingerprint density at radius 3 is 2.00 bits per heavy atom. The van der Waals surface area contributed by atoms with Crippen LogP contribution in [0.5, 0.6) is 0 Å². The third-order valence-electron chi connectivity index (χ3n) is 7.34. The predicted octanol–water partition coefficient (Wildman–Crippen LogP) is -0.597. The van der Waals surface area contributed by atoms with E-state index in [4.69, 9.17) is 10.8 Å². The van der Waals surface area contributed by atoms with Gasteiger partial charge in [-0.25, -0.2) is 9.59 Å². The monoisotopic (exact) mass is 686 g/mol. The molecule has 0 bridgehead atoms. The molecule has 2 aromatic rings. The van der Waals surface area contributed by atoms with Crippen LogP contribution in [-0.2, 0) is 30.4 Å². The number of amides is 4. The van der Waals surface area contributed by atoms with E-state index in [1.807, 2.05) is 13.8 Å². The average Bonchev–Trinajstić information content (AvgIpc) is 3.04. The Bertz CT molecular complexity index is 1450. The van der Waals surface area contributed by atoms with Gasteiger partial charge >= 0.3 is 11.9 Å². The number of carboxylic acid groups (broad SMARTS) is 2. The molecule has 0 aliphatic rings. The van der Waals surface area contributed by atoms with Crippen molar-refractivity contribution in [3.8, 4) is 0 Å². The van der Waals surface area contributed by atoms with E-state index in [0.29, 0.717) is 5.56 Å². The van der Waals surface area contributed by atoms with Gasteiger partial charge in [-0.15, -0.1) is 0 Å². The molecule has 0 radical (unpaired) electrons. The number of aliphatic hydroxyl groups excluding tert-OH is 2. The fraction of sp³-hybridized carbons (Fsp3) is 0.455. The van der Waals surface area contributed by atoms with E-state index in [0.717, 1.165) is 0 Å². The van der Waals surface area contributed by atoms with Gasteiger partial charge in [0.05, 0.1) is 17.6 Å². The minimum atomic E-state index is -1.95. The molecule has 268 valence electrons. The van der Waals surface area contributed by atoms with Gasteiger partial charge in [-0.3, -0.25) is 24.5 Å². The number of carboxylic acids is 2. The third-order valence-corrected chi connectivity index (χ3v) is 7.34. The number of hydrogen-bond acceptors (Lipinski definition) is 10. The first-order valence-corrected chi connectivity index (χ1v) is 15.7. The molecule has 2 aromatic carbocycles. The lowest BCUT2D eigenvalue weighted by Gasteiger charge is -2.29. The first-order chi connectivity index (χ1) is 23.0. The number of aliphatic hydroxyl groups is 2. The fourth-order valence-electron chi connectivity index (χ4n) is 4.70. The first kappa shape index (κ1) is 40.3. The zero-order valence-electron chi connectivity index (χ0n) is 27.8. The zero-order valence-corrected chi connectivity index (χ0v) is 27.8. The lowest BCUT2D eigenvalue weighted by atomic mass is 9.97. The number of anilines is 1. The second-order valence-corrected chi connectivity index (χ2v) is 12.3. The largest absolute Gasteiger partial charge is 0.478 e. The van der Waals surface area contributed by atoms with E-state index in [1.165, 1.54) is 24.3 Å². The SMILES string of the molecule is CC(C)C[C@H](NC(=O)[C@@H](NC(=O)[C@@H](N)CNC(O)C(=O)O)C(C)C)C(=O)N[C@@H](Cc1ccccc1)[C@@H](O)C(=O)Nc1cccc(C(=O)O)c1. The molecule has 0 aliphatic carbocycles. The van der Waals surface area contributed by atoms with Crippen molar-refractivity contribution in [1.29, 1.82) is 0 Å². The number of carbonyl (C=O) groups excluding carboxylic acids is 4. The maximum absolute atomic E-state index is 13.7. The van der Waals surface area contributed by atoms with E-state index in [2.05, 4.69) is 26.6 Å². The minimum absolute atomic E-state index is 0.0197. The molecular weight excluding hydrogens is 640 g/mol. The summed E-state index contributed by atoms with van der Waals surface area (Å²) in [6.45, 7) is 6.53. The lowest BCUT2D eigenvalue weighted by molar-refractivity contribution is -0.148. The molecule has 2 rings (SSSR count). The average molecular weight is 687 g/mol. The molecule has 0 fully saturated rings. The number of nitrogens with two attached hydrogens (primary N) is 1. The summed E-state index contributed by atoms with van der Waals surface area (Å²) >= 11 is 0. The Hall–Kier alpha value is -4.90. The van der Waals surface area contributed by atoms with Gasteiger partial charge in [0.2, 0.25) is 23.9 Å². The van der Waals surface area contributed by atoms with Crippen LogP contribution in [0.1, 0.15) is 50.0 Å². The quantitative estimate of drug-likeness (QED) is 0.0831. The van der Waals surface area contributed by atoms with Crippen molar-refractivity contribution in [3.05, 3.63) is 65.7 Å². The van der Waals surface area contributed by atoms with Crippen molar-refractivity contribution in [1.82, 2.24) is 21.3 Å². The first-order valence-electron chi connectivity index (χ1n) is 15.7. The van der Waals surface area contributed by atoms with Crippen molar-refractivity contribution >= 4 is 41.3 Å². The number of carbonyl (C=O) groups is 6. The van der Waals surface area contributed by atoms with Crippen LogP contribution in [0.4, 0.5) is 5.69 Å². The molecule has 0 aliphatic heterocycles. The van der Waals surface area contributed by atoms with Crippen LogP contribution in [0.15, 0.2) is 54.6 Å². The van der Waals surface area contributed by atoms with Gasteiger partial charge in [-0.1, -0.05) is 64.1 Å². The second-order valence-electron chi connectivity index (χ2n) is 12.3. The number of aromatic carboxylic acids is 1. The summed E-state index contributed by atoms with van der Waals surface area (Å²) in [7, 11) is 0. The highest BCUT2D eigenvalue weighted by molar-refractivity contribution is 5.97. The summed E-state index contributed by atoms with van der Waals surface area (Å²) in [6.07, 6.45) is -3.58. The van der Waals surface area contributed by atoms with E-state index in [1.54, 1.807) is 44.2 Å². The number of benzene rings is 2. The third kappa shape index (κ3) is 13.3. The van der Waals surface area contributed by atoms with Crippen LogP contribution >= 0.6 is 0 Å². The molecule has 1 unspecified atom stereocenters. The summed E-state index contributed by atoms with van der Waals surface area (Å²) in [6, 6.07) is 9.35. The Morgan fingerprint density at radius 1 is 0.776 bits per heavy atom. The van der Waals surface area contributed by atoms with Gasteiger partial charge in [0, 0.05) is 12.2 Å². The van der Waals surface area contributed by atoms with Crippen LogP contribution in [0, 0.1) is 11.8 Å². The van der Waals surface area contributed by atoms with Gasteiger partial charge in [0.1, 0.15) is 12.1 Å².